The average Bonchev–Trinajstić information content (AvgIpc) is 2.56. The standard InChI is InChI=1S/C19H26Cl2N2O3/c1-19(2,3)26-18(25)23-10-6-7-13(11-23)17(24)22(4)12-14-15(20)8-5-9-16(14)21/h5,8-9,13H,6-7,10-12H2,1-4H3/t13-/m1/s1. The zero-order valence-corrected chi connectivity index (χ0v) is 17.2. The molecule has 0 saturated carbocycles. The first-order chi connectivity index (χ1) is 12.1. The molecule has 0 bridgehead atoms. The second-order valence-corrected chi connectivity index (χ2v) is 8.47. The van der Waals surface area contributed by atoms with Crippen molar-refractivity contribution >= 4 is 35.2 Å². The normalized spacial score (nSPS) is 17.8. The van der Waals surface area contributed by atoms with Gasteiger partial charge in [0.2, 0.25) is 5.91 Å². The first-order valence-electron chi connectivity index (χ1n) is 8.74. The Kier molecular flexibility index (Phi) is 6.80. The zero-order chi connectivity index (χ0) is 19.5. The Morgan fingerprint density at radius 3 is 2.46 bits per heavy atom. The molecule has 1 heterocycles. The van der Waals surface area contributed by atoms with Gasteiger partial charge in [-0.15, -0.1) is 0 Å². The van der Waals surface area contributed by atoms with Crippen molar-refractivity contribution in [2.24, 2.45) is 5.92 Å². The van der Waals surface area contributed by atoms with Crippen molar-refractivity contribution in [3.8, 4) is 0 Å². The van der Waals surface area contributed by atoms with E-state index in [1.807, 2.05) is 20.8 Å². The van der Waals surface area contributed by atoms with Crippen LogP contribution in [0.2, 0.25) is 10.0 Å². The van der Waals surface area contributed by atoms with E-state index in [1.165, 1.54) is 0 Å². The van der Waals surface area contributed by atoms with Crippen molar-refractivity contribution in [2.75, 3.05) is 20.1 Å². The summed E-state index contributed by atoms with van der Waals surface area (Å²) in [6.45, 7) is 6.81. The van der Waals surface area contributed by atoms with Crippen LogP contribution in [0.25, 0.3) is 0 Å². The predicted octanol–water partition coefficient (Wildman–Crippen LogP) is 4.60. The quantitative estimate of drug-likeness (QED) is 0.744. The van der Waals surface area contributed by atoms with Crippen LogP contribution in [-0.2, 0) is 16.1 Å². The maximum atomic E-state index is 12.8. The lowest BCUT2D eigenvalue weighted by molar-refractivity contribution is -0.136. The van der Waals surface area contributed by atoms with Gasteiger partial charge in [0.25, 0.3) is 0 Å². The molecule has 1 atom stereocenters. The molecule has 144 valence electrons. The van der Waals surface area contributed by atoms with Gasteiger partial charge in [-0.2, -0.15) is 0 Å². The molecule has 0 unspecified atom stereocenters. The third-order valence-electron chi connectivity index (χ3n) is 4.26. The Balaban J connectivity index is 2.01. The number of rotatable bonds is 3. The number of hydrogen-bond donors (Lipinski definition) is 0. The third kappa shape index (κ3) is 5.52. The molecule has 1 aliphatic rings. The lowest BCUT2D eigenvalue weighted by Crippen LogP contribution is -2.47. The van der Waals surface area contributed by atoms with E-state index < -0.39 is 5.60 Å². The monoisotopic (exact) mass is 400 g/mol. The lowest BCUT2D eigenvalue weighted by atomic mass is 9.96. The Labute approximate surface area is 165 Å². The Hall–Kier alpha value is -1.46. The van der Waals surface area contributed by atoms with E-state index in [2.05, 4.69) is 0 Å². The molecule has 5 nitrogen and oxygen atoms in total. The van der Waals surface area contributed by atoms with Gasteiger partial charge in [-0.25, -0.2) is 4.79 Å². The molecule has 1 aromatic carbocycles. The summed E-state index contributed by atoms with van der Waals surface area (Å²) in [6, 6.07) is 5.29. The van der Waals surface area contributed by atoms with Crippen molar-refractivity contribution in [1.29, 1.82) is 0 Å². The molecule has 0 N–H and O–H groups in total. The Bertz CT molecular complexity index is 653. The fourth-order valence-electron chi connectivity index (χ4n) is 2.98. The fourth-order valence-corrected chi connectivity index (χ4v) is 3.50. The minimum absolute atomic E-state index is 0.0192. The molecule has 1 aromatic rings. The van der Waals surface area contributed by atoms with Crippen LogP contribution >= 0.6 is 23.2 Å². The second-order valence-electron chi connectivity index (χ2n) is 7.66. The number of likely N-dealkylation sites (tertiary alicyclic amines) is 1. The molecular weight excluding hydrogens is 375 g/mol. The molecule has 1 saturated heterocycles. The molecular formula is C19H26Cl2N2O3. The number of benzene rings is 1. The van der Waals surface area contributed by atoms with Crippen molar-refractivity contribution in [3.05, 3.63) is 33.8 Å². The van der Waals surface area contributed by atoms with Gasteiger partial charge in [-0.1, -0.05) is 29.3 Å². The van der Waals surface area contributed by atoms with Crippen molar-refractivity contribution < 1.29 is 14.3 Å². The minimum Gasteiger partial charge on any atom is -0.444 e. The molecule has 2 rings (SSSR count). The van der Waals surface area contributed by atoms with E-state index in [9.17, 15) is 9.59 Å². The summed E-state index contributed by atoms with van der Waals surface area (Å²) in [5.74, 6) is -0.267. The highest BCUT2D eigenvalue weighted by Crippen LogP contribution is 2.27. The number of halogens is 2. The molecule has 2 amide bonds. The van der Waals surface area contributed by atoms with Gasteiger partial charge in [0.05, 0.1) is 5.92 Å². The third-order valence-corrected chi connectivity index (χ3v) is 4.96. The number of carbonyl (C=O) groups excluding carboxylic acids is 2. The van der Waals surface area contributed by atoms with Gasteiger partial charge >= 0.3 is 6.09 Å². The molecule has 7 heteroatoms. The summed E-state index contributed by atoms with van der Waals surface area (Å²) < 4.78 is 5.42. The highest BCUT2D eigenvalue weighted by Gasteiger charge is 2.32. The maximum Gasteiger partial charge on any atom is 0.410 e. The summed E-state index contributed by atoms with van der Waals surface area (Å²) in [7, 11) is 1.73. The van der Waals surface area contributed by atoms with E-state index >= 15 is 0 Å². The lowest BCUT2D eigenvalue weighted by Gasteiger charge is -2.35. The summed E-state index contributed by atoms with van der Waals surface area (Å²) in [6.07, 6.45) is 1.15. The number of piperidine rings is 1. The van der Waals surface area contributed by atoms with Gasteiger partial charge in [0.15, 0.2) is 0 Å². The van der Waals surface area contributed by atoms with Gasteiger partial charge in [-0.05, 0) is 45.7 Å². The fraction of sp³-hybridized carbons (Fsp3) is 0.579. The van der Waals surface area contributed by atoms with Gasteiger partial charge in [-0.3, -0.25) is 4.79 Å². The SMILES string of the molecule is CN(Cc1c(Cl)cccc1Cl)C(=O)[C@@H]1CCCN(C(=O)OC(C)(C)C)C1. The summed E-state index contributed by atoms with van der Waals surface area (Å²) in [4.78, 5) is 28.4. The maximum absolute atomic E-state index is 12.8. The molecule has 1 aliphatic heterocycles. The van der Waals surface area contributed by atoms with E-state index in [1.54, 1.807) is 35.0 Å². The van der Waals surface area contributed by atoms with Crippen molar-refractivity contribution in [2.45, 2.75) is 45.8 Å². The number of carbonyl (C=O) groups is 2. The van der Waals surface area contributed by atoms with Crippen LogP contribution in [0.1, 0.15) is 39.2 Å². The van der Waals surface area contributed by atoms with Crippen LogP contribution < -0.4 is 0 Å². The summed E-state index contributed by atoms with van der Waals surface area (Å²) in [5, 5.41) is 1.08. The number of amides is 2. The van der Waals surface area contributed by atoms with Crippen molar-refractivity contribution in [3.63, 3.8) is 0 Å². The van der Waals surface area contributed by atoms with Crippen LogP contribution in [0.15, 0.2) is 18.2 Å². The molecule has 0 radical (unpaired) electrons. The molecule has 0 aromatic heterocycles. The number of hydrogen-bond acceptors (Lipinski definition) is 3. The van der Waals surface area contributed by atoms with E-state index in [0.717, 1.165) is 18.4 Å². The topological polar surface area (TPSA) is 49.9 Å². The van der Waals surface area contributed by atoms with E-state index in [4.69, 9.17) is 27.9 Å². The highest BCUT2D eigenvalue weighted by atomic mass is 35.5. The molecule has 1 fully saturated rings. The second kappa shape index (κ2) is 8.49. The molecule has 0 spiro atoms. The van der Waals surface area contributed by atoms with Crippen LogP contribution in [0.3, 0.4) is 0 Å². The first-order valence-corrected chi connectivity index (χ1v) is 9.50. The van der Waals surface area contributed by atoms with Gasteiger partial charge in [0.1, 0.15) is 5.60 Å². The smallest absolute Gasteiger partial charge is 0.410 e. The summed E-state index contributed by atoms with van der Waals surface area (Å²) in [5.41, 5.74) is 0.178. The van der Waals surface area contributed by atoms with Crippen LogP contribution in [0, 0.1) is 5.92 Å². The molecule has 26 heavy (non-hydrogen) atoms. The predicted molar refractivity (Wildman–Crippen MR) is 103 cm³/mol. The minimum atomic E-state index is -0.550. The average molecular weight is 401 g/mol. The highest BCUT2D eigenvalue weighted by molar-refractivity contribution is 6.36. The van der Waals surface area contributed by atoms with E-state index in [-0.39, 0.29) is 17.9 Å². The number of nitrogens with zero attached hydrogens (tertiary/aromatic N) is 2. The van der Waals surface area contributed by atoms with Crippen LogP contribution in [0.5, 0.6) is 0 Å². The van der Waals surface area contributed by atoms with E-state index in [0.29, 0.717) is 29.7 Å². The molecule has 0 aliphatic carbocycles. The first kappa shape index (κ1) is 20.8. The Morgan fingerprint density at radius 1 is 1.27 bits per heavy atom. The van der Waals surface area contributed by atoms with Crippen molar-refractivity contribution in [1.82, 2.24) is 9.80 Å². The van der Waals surface area contributed by atoms with Gasteiger partial charge in [0, 0.05) is 42.3 Å². The number of ether oxygens (including phenoxy) is 1. The van der Waals surface area contributed by atoms with Crippen LogP contribution in [-0.4, -0.2) is 47.5 Å². The largest absolute Gasteiger partial charge is 0.444 e. The summed E-state index contributed by atoms with van der Waals surface area (Å²) >= 11 is 12.4. The zero-order valence-electron chi connectivity index (χ0n) is 15.7. The van der Waals surface area contributed by atoms with Crippen LogP contribution in [0.4, 0.5) is 4.79 Å². The van der Waals surface area contributed by atoms with Gasteiger partial charge < -0.3 is 14.5 Å². The Morgan fingerprint density at radius 2 is 1.88 bits per heavy atom.